The first-order chi connectivity index (χ1) is 7.61. The van der Waals surface area contributed by atoms with Crippen molar-refractivity contribution in [1.82, 2.24) is 4.90 Å². The minimum Gasteiger partial charge on any atom is -0.481 e. The molecule has 1 aliphatic heterocycles. The van der Waals surface area contributed by atoms with E-state index < -0.39 is 17.9 Å². The molecule has 2 atom stereocenters. The molecule has 2 rings (SSSR count). The number of piperidine rings is 1. The van der Waals surface area contributed by atoms with Crippen LogP contribution in [0.5, 0.6) is 0 Å². The highest BCUT2D eigenvalue weighted by molar-refractivity contribution is 5.98. The first kappa shape index (κ1) is 11.1. The molecule has 5 heteroatoms. The largest absolute Gasteiger partial charge is 0.481 e. The topological polar surface area (TPSA) is 74.7 Å². The van der Waals surface area contributed by atoms with Gasteiger partial charge in [-0.2, -0.15) is 0 Å². The fourth-order valence-corrected chi connectivity index (χ4v) is 2.68. The molecule has 2 unspecified atom stereocenters. The first-order valence-electron chi connectivity index (χ1n) is 5.69. The normalized spacial score (nSPS) is 30.9. The Bertz CT molecular complexity index is 323. The molecule has 1 saturated carbocycles. The van der Waals surface area contributed by atoms with E-state index >= 15 is 0 Å². The third-order valence-electron chi connectivity index (χ3n) is 3.45. The Hall–Kier alpha value is -1.39. The Morgan fingerprint density at radius 2 is 1.75 bits per heavy atom. The number of imide groups is 1. The van der Waals surface area contributed by atoms with Crippen LogP contribution < -0.4 is 0 Å². The monoisotopic (exact) mass is 225 g/mol. The van der Waals surface area contributed by atoms with Gasteiger partial charge in [-0.25, -0.2) is 0 Å². The van der Waals surface area contributed by atoms with Crippen LogP contribution in [0.3, 0.4) is 0 Å². The van der Waals surface area contributed by atoms with Gasteiger partial charge in [0, 0.05) is 12.8 Å². The number of hydrogen-bond acceptors (Lipinski definition) is 3. The van der Waals surface area contributed by atoms with Gasteiger partial charge in [0.15, 0.2) is 0 Å². The predicted molar refractivity (Wildman–Crippen MR) is 54.5 cm³/mol. The van der Waals surface area contributed by atoms with Crippen LogP contribution in [0.2, 0.25) is 0 Å². The zero-order valence-electron chi connectivity index (χ0n) is 9.02. The molecule has 1 heterocycles. The van der Waals surface area contributed by atoms with Crippen LogP contribution in [0.15, 0.2) is 0 Å². The van der Waals surface area contributed by atoms with Crippen molar-refractivity contribution in [3.05, 3.63) is 0 Å². The SMILES string of the molecule is O=C(O)C1CCCC1N1C(=O)CCCC1=O. The summed E-state index contributed by atoms with van der Waals surface area (Å²) in [5.41, 5.74) is 0. The second-order valence-corrected chi connectivity index (χ2v) is 4.45. The van der Waals surface area contributed by atoms with Crippen molar-refractivity contribution in [3.63, 3.8) is 0 Å². The number of likely N-dealkylation sites (tertiary alicyclic amines) is 1. The molecule has 88 valence electrons. The molecule has 1 saturated heterocycles. The molecule has 0 bridgehead atoms. The predicted octanol–water partition coefficient (Wildman–Crippen LogP) is 0.779. The number of nitrogens with zero attached hydrogens (tertiary/aromatic N) is 1. The highest BCUT2D eigenvalue weighted by atomic mass is 16.4. The Labute approximate surface area is 93.4 Å². The zero-order valence-corrected chi connectivity index (χ0v) is 9.02. The van der Waals surface area contributed by atoms with Crippen molar-refractivity contribution >= 4 is 17.8 Å². The van der Waals surface area contributed by atoms with Crippen molar-refractivity contribution in [2.24, 2.45) is 5.92 Å². The molecule has 1 aliphatic carbocycles. The lowest BCUT2D eigenvalue weighted by Crippen LogP contribution is -2.49. The molecule has 5 nitrogen and oxygen atoms in total. The Balaban J connectivity index is 2.18. The number of aliphatic carboxylic acids is 1. The van der Waals surface area contributed by atoms with Crippen molar-refractivity contribution in [2.45, 2.75) is 44.6 Å². The molecule has 2 fully saturated rings. The molecule has 0 aromatic rings. The number of carbonyl (C=O) groups excluding carboxylic acids is 2. The molecule has 0 spiro atoms. The lowest BCUT2D eigenvalue weighted by atomic mass is 9.99. The van der Waals surface area contributed by atoms with Crippen molar-refractivity contribution in [3.8, 4) is 0 Å². The molecule has 0 aromatic carbocycles. The number of amides is 2. The highest BCUT2D eigenvalue weighted by Crippen LogP contribution is 2.32. The Kier molecular flexibility index (Phi) is 2.94. The summed E-state index contributed by atoms with van der Waals surface area (Å²) in [4.78, 5) is 35.6. The first-order valence-corrected chi connectivity index (χ1v) is 5.69. The number of rotatable bonds is 2. The third kappa shape index (κ3) is 1.81. The standard InChI is InChI=1S/C11H15NO4/c13-9-5-2-6-10(14)12(9)8-4-1-3-7(8)11(15)16/h7-8H,1-6H2,(H,15,16). The summed E-state index contributed by atoms with van der Waals surface area (Å²) in [7, 11) is 0. The van der Waals surface area contributed by atoms with Crippen molar-refractivity contribution < 1.29 is 19.5 Å². The van der Waals surface area contributed by atoms with Gasteiger partial charge in [-0.3, -0.25) is 19.3 Å². The van der Waals surface area contributed by atoms with E-state index in [1.165, 1.54) is 4.90 Å². The maximum absolute atomic E-state index is 11.7. The zero-order chi connectivity index (χ0) is 11.7. The second-order valence-electron chi connectivity index (χ2n) is 4.45. The van der Waals surface area contributed by atoms with Crippen molar-refractivity contribution in [2.75, 3.05) is 0 Å². The Morgan fingerprint density at radius 3 is 2.31 bits per heavy atom. The molecular weight excluding hydrogens is 210 g/mol. The lowest BCUT2D eigenvalue weighted by Gasteiger charge is -2.32. The van der Waals surface area contributed by atoms with Gasteiger partial charge in [0.25, 0.3) is 0 Å². The van der Waals surface area contributed by atoms with E-state index in [1.807, 2.05) is 0 Å². The van der Waals surface area contributed by atoms with E-state index in [1.54, 1.807) is 0 Å². The third-order valence-corrected chi connectivity index (χ3v) is 3.45. The van der Waals surface area contributed by atoms with Crippen LogP contribution >= 0.6 is 0 Å². The molecule has 1 N–H and O–H groups in total. The maximum Gasteiger partial charge on any atom is 0.308 e. The van der Waals surface area contributed by atoms with Gasteiger partial charge in [-0.1, -0.05) is 6.42 Å². The van der Waals surface area contributed by atoms with E-state index in [9.17, 15) is 14.4 Å². The molecule has 2 aliphatic rings. The van der Waals surface area contributed by atoms with Gasteiger partial charge in [0.05, 0.1) is 12.0 Å². The molecule has 16 heavy (non-hydrogen) atoms. The van der Waals surface area contributed by atoms with E-state index in [0.29, 0.717) is 32.1 Å². The minimum atomic E-state index is -0.895. The quantitative estimate of drug-likeness (QED) is 0.705. The van der Waals surface area contributed by atoms with Crippen LogP contribution in [0.1, 0.15) is 38.5 Å². The molecule has 2 amide bonds. The lowest BCUT2D eigenvalue weighted by molar-refractivity contribution is -0.154. The molecule has 0 radical (unpaired) electrons. The van der Waals surface area contributed by atoms with Gasteiger partial charge >= 0.3 is 5.97 Å². The number of carbonyl (C=O) groups is 3. The number of hydrogen-bond donors (Lipinski definition) is 1. The fourth-order valence-electron chi connectivity index (χ4n) is 2.68. The average molecular weight is 225 g/mol. The fraction of sp³-hybridized carbons (Fsp3) is 0.727. The van der Waals surface area contributed by atoms with Crippen molar-refractivity contribution in [1.29, 1.82) is 0 Å². The second kappa shape index (κ2) is 4.23. The van der Waals surface area contributed by atoms with Crippen LogP contribution in [0.25, 0.3) is 0 Å². The summed E-state index contributed by atoms with van der Waals surface area (Å²) < 4.78 is 0. The molecule has 0 aromatic heterocycles. The highest BCUT2D eigenvalue weighted by Gasteiger charge is 2.42. The summed E-state index contributed by atoms with van der Waals surface area (Å²) >= 11 is 0. The van der Waals surface area contributed by atoms with E-state index in [-0.39, 0.29) is 11.8 Å². The van der Waals surface area contributed by atoms with Gasteiger partial charge in [-0.05, 0) is 19.3 Å². The van der Waals surface area contributed by atoms with E-state index in [0.717, 1.165) is 6.42 Å². The van der Waals surface area contributed by atoms with Crippen LogP contribution in [0.4, 0.5) is 0 Å². The van der Waals surface area contributed by atoms with Gasteiger partial charge < -0.3 is 5.11 Å². The summed E-state index contributed by atoms with van der Waals surface area (Å²) in [6.45, 7) is 0. The minimum absolute atomic E-state index is 0.200. The average Bonchev–Trinajstić information content (AvgIpc) is 2.66. The summed E-state index contributed by atoms with van der Waals surface area (Å²) in [6, 6.07) is -0.405. The van der Waals surface area contributed by atoms with Crippen LogP contribution in [0, 0.1) is 5.92 Å². The summed E-state index contributed by atoms with van der Waals surface area (Å²) in [6.07, 6.45) is 3.31. The van der Waals surface area contributed by atoms with E-state index in [2.05, 4.69) is 0 Å². The summed E-state index contributed by atoms with van der Waals surface area (Å²) in [5, 5.41) is 9.04. The summed E-state index contributed by atoms with van der Waals surface area (Å²) in [5.74, 6) is -1.86. The van der Waals surface area contributed by atoms with Gasteiger partial charge in [0.2, 0.25) is 11.8 Å². The number of carboxylic acid groups (broad SMARTS) is 1. The smallest absolute Gasteiger partial charge is 0.308 e. The maximum atomic E-state index is 11.7. The van der Waals surface area contributed by atoms with Crippen LogP contribution in [-0.4, -0.2) is 33.8 Å². The Morgan fingerprint density at radius 1 is 1.12 bits per heavy atom. The van der Waals surface area contributed by atoms with Gasteiger partial charge in [0.1, 0.15) is 0 Å². The number of carboxylic acids is 1. The van der Waals surface area contributed by atoms with Crippen LogP contribution in [-0.2, 0) is 14.4 Å². The van der Waals surface area contributed by atoms with E-state index in [4.69, 9.17) is 5.11 Å². The molecular formula is C11H15NO4. The van der Waals surface area contributed by atoms with Gasteiger partial charge in [-0.15, -0.1) is 0 Å².